The Balaban J connectivity index is 0.000000454. The van der Waals surface area contributed by atoms with Crippen LogP contribution < -0.4 is 10.2 Å². The van der Waals surface area contributed by atoms with Crippen LogP contribution in [0.2, 0.25) is 0 Å². The van der Waals surface area contributed by atoms with E-state index in [-0.39, 0.29) is 29.1 Å². The lowest BCUT2D eigenvalue weighted by Crippen LogP contribution is -2.54. The first-order valence-corrected chi connectivity index (χ1v) is 18.1. The van der Waals surface area contributed by atoms with Crippen molar-refractivity contribution in [2.24, 2.45) is 17.8 Å². The molecule has 2 aromatic heterocycles. The average Bonchev–Trinajstić information content (AvgIpc) is 3.71. The van der Waals surface area contributed by atoms with E-state index in [0.29, 0.717) is 18.1 Å². The monoisotopic (exact) mass is 638 g/mol. The van der Waals surface area contributed by atoms with Crippen LogP contribution in [0.15, 0.2) is 17.8 Å². The van der Waals surface area contributed by atoms with Gasteiger partial charge in [0.05, 0.1) is 11.9 Å². The zero-order chi connectivity index (χ0) is 34.0. The number of aromatic nitrogens is 4. The van der Waals surface area contributed by atoms with Gasteiger partial charge < -0.3 is 10.2 Å². The van der Waals surface area contributed by atoms with Gasteiger partial charge in [-0.15, -0.1) is 0 Å². The van der Waals surface area contributed by atoms with Gasteiger partial charge in [-0.1, -0.05) is 73.8 Å². The third-order valence-corrected chi connectivity index (χ3v) is 10.2. The van der Waals surface area contributed by atoms with Crippen molar-refractivity contribution in [3.05, 3.63) is 29.2 Å². The molecule has 9 heteroatoms. The fourth-order valence-electron chi connectivity index (χ4n) is 6.40. The summed E-state index contributed by atoms with van der Waals surface area (Å²) in [7, 11) is 2.25. The molecule has 4 heterocycles. The Hall–Kier alpha value is -2.81. The molecule has 1 spiro atoms. The maximum absolute atomic E-state index is 12.6. The molecule has 2 aromatic rings. The molecule has 0 radical (unpaired) electrons. The fourth-order valence-corrected chi connectivity index (χ4v) is 6.40. The van der Waals surface area contributed by atoms with Crippen LogP contribution in [0, 0.1) is 17.8 Å². The summed E-state index contributed by atoms with van der Waals surface area (Å²) >= 11 is 0. The molecule has 1 amide bonds. The van der Waals surface area contributed by atoms with Gasteiger partial charge >= 0.3 is 0 Å². The third-order valence-electron chi connectivity index (χ3n) is 10.2. The van der Waals surface area contributed by atoms with E-state index in [4.69, 9.17) is 15.1 Å². The van der Waals surface area contributed by atoms with Crippen molar-refractivity contribution in [2.45, 2.75) is 132 Å². The van der Waals surface area contributed by atoms with Crippen LogP contribution in [0.1, 0.15) is 131 Å². The van der Waals surface area contributed by atoms with Crippen molar-refractivity contribution < 1.29 is 9.59 Å². The molecule has 3 fully saturated rings. The van der Waals surface area contributed by atoms with Gasteiger partial charge in [-0.05, 0) is 64.5 Å². The topological polar surface area (TPSA) is 95.7 Å². The number of imidazole rings is 1. The molecule has 5 rings (SSSR count). The van der Waals surface area contributed by atoms with Crippen LogP contribution in [-0.4, -0.2) is 74.9 Å². The number of hydrogen-bond acceptors (Lipinski definition) is 7. The molecular weight excluding hydrogens is 574 g/mol. The minimum absolute atomic E-state index is 0.0286. The first-order chi connectivity index (χ1) is 22.0. The summed E-state index contributed by atoms with van der Waals surface area (Å²) in [6.45, 7) is 22.2. The molecule has 1 aliphatic carbocycles. The van der Waals surface area contributed by atoms with E-state index in [2.05, 4.69) is 49.1 Å². The van der Waals surface area contributed by atoms with Gasteiger partial charge in [0.25, 0.3) is 5.78 Å². The number of piperidine rings is 1. The number of piperazine rings is 1. The van der Waals surface area contributed by atoms with Crippen molar-refractivity contribution in [2.75, 3.05) is 38.1 Å². The highest BCUT2D eigenvalue weighted by atomic mass is 16.2. The van der Waals surface area contributed by atoms with Gasteiger partial charge in [-0.3, -0.25) is 14.5 Å². The summed E-state index contributed by atoms with van der Waals surface area (Å²) < 4.78 is 1.86. The molecule has 2 unspecified atom stereocenters. The van der Waals surface area contributed by atoms with Crippen LogP contribution >= 0.6 is 0 Å². The standard InChI is InChI=1S/C27H43N7O.C8H14O.C2H6/c1-5-19(2)8-6-9-20(3)23-17-34-26(29-23)30-24(33-15-14-32(4)27(18-33)11-12-27)22(31-34)16-21-10-7-13-28-25(21)35;1-5-7(4)8(9)6(2)3;1-2/h17,19-21H,5-16,18H2,1-4H3,(H,28,35);5-6H,1-4H3;1-2H3/b;7-5+;/t19?,20?,21-;;/m1../s1. The van der Waals surface area contributed by atoms with Crippen molar-refractivity contribution >= 4 is 23.3 Å². The van der Waals surface area contributed by atoms with Gasteiger partial charge in [0.1, 0.15) is 5.69 Å². The van der Waals surface area contributed by atoms with E-state index >= 15 is 0 Å². The Labute approximate surface area is 279 Å². The number of amides is 1. The molecule has 2 saturated heterocycles. The molecular formula is C37H63N7O2. The molecule has 258 valence electrons. The average molecular weight is 638 g/mol. The zero-order valence-electron chi connectivity index (χ0n) is 30.7. The number of anilines is 1. The van der Waals surface area contributed by atoms with Gasteiger partial charge in [0.15, 0.2) is 11.6 Å². The minimum atomic E-state index is -0.0286. The quantitative estimate of drug-likeness (QED) is 0.265. The number of nitrogens with zero attached hydrogens (tertiary/aromatic N) is 6. The summed E-state index contributed by atoms with van der Waals surface area (Å²) in [5, 5.41) is 8.09. The van der Waals surface area contributed by atoms with Crippen molar-refractivity contribution in [3.63, 3.8) is 0 Å². The smallest absolute Gasteiger partial charge is 0.252 e. The molecule has 46 heavy (non-hydrogen) atoms. The highest BCUT2D eigenvalue weighted by Crippen LogP contribution is 2.44. The second kappa shape index (κ2) is 17.4. The number of hydrogen-bond donors (Lipinski definition) is 1. The van der Waals surface area contributed by atoms with Gasteiger partial charge in [0.2, 0.25) is 5.91 Å². The van der Waals surface area contributed by atoms with E-state index < -0.39 is 0 Å². The Morgan fingerprint density at radius 1 is 1.13 bits per heavy atom. The second-order valence-electron chi connectivity index (χ2n) is 14.0. The predicted octanol–water partition coefficient (Wildman–Crippen LogP) is 7.00. The Bertz CT molecular complexity index is 1310. The van der Waals surface area contributed by atoms with Gasteiger partial charge in [0, 0.05) is 55.9 Å². The summed E-state index contributed by atoms with van der Waals surface area (Å²) in [6.07, 6.45) is 13.9. The normalized spacial score (nSPS) is 20.8. The molecule has 1 N–H and O–H groups in total. The van der Waals surface area contributed by atoms with E-state index in [1.807, 2.05) is 52.1 Å². The Morgan fingerprint density at radius 2 is 1.85 bits per heavy atom. The maximum Gasteiger partial charge on any atom is 0.252 e. The summed E-state index contributed by atoms with van der Waals surface area (Å²) in [5.41, 5.74) is 3.17. The lowest BCUT2D eigenvalue weighted by Gasteiger charge is -2.41. The predicted molar refractivity (Wildman–Crippen MR) is 189 cm³/mol. The molecule has 3 aliphatic rings. The molecule has 3 atom stereocenters. The number of allylic oxidation sites excluding steroid dienone is 2. The number of carbonyl (C=O) groups excluding carboxylic acids is 2. The van der Waals surface area contributed by atoms with Crippen molar-refractivity contribution in [3.8, 4) is 0 Å². The first-order valence-electron chi connectivity index (χ1n) is 18.1. The van der Waals surface area contributed by atoms with Crippen molar-refractivity contribution in [1.82, 2.24) is 29.8 Å². The molecule has 0 aromatic carbocycles. The number of ketones is 1. The highest BCUT2D eigenvalue weighted by Gasteiger charge is 2.50. The molecule has 0 bridgehead atoms. The minimum Gasteiger partial charge on any atom is -0.356 e. The first kappa shape index (κ1) is 37.6. The lowest BCUT2D eigenvalue weighted by molar-refractivity contribution is -0.126. The Morgan fingerprint density at radius 3 is 2.43 bits per heavy atom. The van der Waals surface area contributed by atoms with Gasteiger partial charge in [-0.25, -0.2) is 9.50 Å². The molecule has 2 aliphatic heterocycles. The second-order valence-corrected chi connectivity index (χ2v) is 14.0. The van der Waals surface area contributed by atoms with Crippen molar-refractivity contribution in [1.29, 1.82) is 0 Å². The van der Waals surface area contributed by atoms with Crippen LogP contribution in [0.4, 0.5) is 5.82 Å². The van der Waals surface area contributed by atoms with E-state index in [9.17, 15) is 9.59 Å². The highest BCUT2D eigenvalue weighted by molar-refractivity contribution is 5.95. The maximum atomic E-state index is 12.6. The van der Waals surface area contributed by atoms with Crippen LogP contribution in [-0.2, 0) is 16.0 Å². The van der Waals surface area contributed by atoms with Crippen LogP contribution in [0.25, 0.3) is 5.78 Å². The molecule has 9 nitrogen and oxygen atoms in total. The SMILES string of the molecule is C/C=C(\C)C(=O)C(C)C.CC.CCC(C)CCCC(C)c1cn2nc(C[C@H]3CCCNC3=O)c(N3CCN(C)C4(CC4)C3)nc2n1. The largest absolute Gasteiger partial charge is 0.356 e. The number of fused-ring (bicyclic) bond motifs is 1. The number of carbonyl (C=O) groups is 2. The van der Waals surface area contributed by atoms with Crippen LogP contribution in [0.3, 0.4) is 0 Å². The van der Waals surface area contributed by atoms with Crippen LogP contribution in [0.5, 0.6) is 0 Å². The Kier molecular flexibility index (Phi) is 14.2. The number of likely N-dealkylation sites (N-methyl/N-ethyl adjacent to an activating group) is 1. The number of rotatable bonds is 11. The summed E-state index contributed by atoms with van der Waals surface area (Å²) in [5.74, 6) is 3.31. The van der Waals surface area contributed by atoms with Gasteiger partial charge in [-0.2, -0.15) is 10.1 Å². The molecule has 1 saturated carbocycles. The number of nitrogens with one attached hydrogen (secondary N) is 1. The lowest BCUT2D eigenvalue weighted by atomic mass is 9.93. The van der Waals surface area contributed by atoms with E-state index in [1.54, 1.807) is 0 Å². The summed E-state index contributed by atoms with van der Waals surface area (Å²) in [6, 6.07) is 0. The third kappa shape index (κ3) is 9.61. The zero-order valence-corrected chi connectivity index (χ0v) is 30.7. The summed E-state index contributed by atoms with van der Waals surface area (Å²) in [4.78, 5) is 38.5. The fraction of sp³-hybridized carbons (Fsp3) is 0.757. The number of Topliss-reactive ketones (excluding diaryl/α,β-unsaturated/α-hetero) is 1. The van der Waals surface area contributed by atoms with E-state index in [0.717, 1.165) is 74.1 Å². The van der Waals surface area contributed by atoms with E-state index in [1.165, 1.54) is 32.1 Å².